The number of ketones is 1. The van der Waals surface area contributed by atoms with Crippen molar-refractivity contribution >= 4 is 23.5 Å². The molecule has 1 atom stereocenters. The van der Waals surface area contributed by atoms with Crippen LogP contribution in [0.4, 0.5) is 0 Å². The Kier molecular flexibility index (Phi) is 6.77. The van der Waals surface area contributed by atoms with Gasteiger partial charge < -0.3 is 5.32 Å². The Morgan fingerprint density at radius 2 is 1.48 bits per heavy atom. The van der Waals surface area contributed by atoms with Crippen molar-refractivity contribution in [1.82, 2.24) is 15.3 Å². The summed E-state index contributed by atoms with van der Waals surface area (Å²) in [5.74, 6) is 0.397. The van der Waals surface area contributed by atoms with Gasteiger partial charge in [-0.05, 0) is 25.1 Å². The summed E-state index contributed by atoms with van der Waals surface area (Å²) in [6.07, 6.45) is 0. The number of benzene rings is 2. The molecular formula is C23H23N3O2S. The van der Waals surface area contributed by atoms with Gasteiger partial charge in [0, 0.05) is 22.7 Å². The Labute approximate surface area is 175 Å². The Hall–Kier alpha value is -2.99. The number of aryl methyl sites for hydroxylation is 1. The second kappa shape index (κ2) is 9.47. The normalized spacial score (nSPS) is 11.9. The van der Waals surface area contributed by atoms with Gasteiger partial charge in [-0.25, -0.2) is 9.97 Å². The number of nitrogens with zero attached hydrogens (tertiary/aromatic N) is 2. The summed E-state index contributed by atoms with van der Waals surface area (Å²) in [5, 5.41) is 2.71. The van der Waals surface area contributed by atoms with Crippen LogP contribution in [0.2, 0.25) is 0 Å². The lowest BCUT2D eigenvalue weighted by Crippen LogP contribution is -2.38. The summed E-state index contributed by atoms with van der Waals surface area (Å²) >= 11 is 1.23. The van der Waals surface area contributed by atoms with Crippen molar-refractivity contribution in [2.75, 3.05) is 0 Å². The highest BCUT2D eigenvalue weighted by Crippen LogP contribution is 2.25. The van der Waals surface area contributed by atoms with Crippen LogP contribution >= 0.6 is 11.8 Å². The average Bonchev–Trinajstić information content (AvgIpc) is 2.73. The number of carbonyl (C=O) groups excluding carboxylic acids is 2. The van der Waals surface area contributed by atoms with Crippen molar-refractivity contribution in [3.8, 4) is 0 Å². The lowest BCUT2D eigenvalue weighted by Gasteiger charge is -2.18. The molecule has 148 valence electrons. The van der Waals surface area contributed by atoms with E-state index in [2.05, 4.69) is 15.3 Å². The number of carbonyl (C=O) groups is 2. The van der Waals surface area contributed by atoms with Crippen LogP contribution in [0.5, 0.6) is 0 Å². The summed E-state index contributed by atoms with van der Waals surface area (Å²) in [6.45, 7) is 5.94. The van der Waals surface area contributed by atoms with Gasteiger partial charge in [-0.3, -0.25) is 9.59 Å². The Morgan fingerprint density at radius 3 is 2.07 bits per heavy atom. The molecule has 3 aromatic rings. The molecule has 0 unspecified atom stereocenters. The second-order valence-corrected chi connectivity index (χ2v) is 8.05. The highest BCUT2D eigenvalue weighted by atomic mass is 32.2. The number of hydrogen-bond acceptors (Lipinski definition) is 5. The predicted molar refractivity (Wildman–Crippen MR) is 115 cm³/mol. The van der Waals surface area contributed by atoms with E-state index >= 15 is 0 Å². The quantitative estimate of drug-likeness (QED) is 0.268. The molecule has 0 saturated heterocycles. The highest BCUT2D eigenvalue weighted by Gasteiger charge is 2.25. The fraction of sp³-hybridized carbons (Fsp3) is 0.217. The van der Waals surface area contributed by atoms with Crippen LogP contribution in [-0.4, -0.2) is 27.0 Å². The standard InChI is InChI=1S/C23H23N3O2S/c1-15(2)21-24-16(3)14-19(25-21)29-23(20(27)17-10-6-4-7-11-17)26-22(28)18-12-8-5-9-13-18/h4-15,23H,1-3H3,(H,26,28)/t23-/m0/s1. The molecule has 0 bridgehead atoms. The maximum absolute atomic E-state index is 13.1. The fourth-order valence-corrected chi connectivity index (χ4v) is 3.73. The number of nitrogens with one attached hydrogen (secondary N) is 1. The molecular weight excluding hydrogens is 382 g/mol. The van der Waals surface area contributed by atoms with Gasteiger partial charge >= 0.3 is 0 Å². The predicted octanol–water partition coefficient (Wildman–Crippen LogP) is 4.64. The van der Waals surface area contributed by atoms with E-state index in [1.807, 2.05) is 39.0 Å². The number of Topliss-reactive ketones (excluding diaryl/α,β-unsaturated/α-hetero) is 1. The molecule has 1 heterocycles. The van der Waals surface area contributed by atoms with Crippen LogP contribution in [0.25, 0.3) is 0 Å². The van der Waals surface area contributed by atoms with Gasteiger partial charge in [0.05, 0.1) is 0 Å². The molecule has 1 aromatic heterocycles. The van der Waals surface area contributed by atoms with Crippen molar-refractivity contribution < 1.29 is 9.59 Å². The molecule has 6 heteroatoms. The zero-order valence-electron chi connectivity index (χ0n) is 16.6. The Balaban J connectivity index is 1.90. The third kappa shape index (κ3) is 5.51. The van der Waals surface area contributed by atoms with Gasteiger partial charge in [0.15, 0.2) is 5.78 Å². The molecule has 5 nitrogen and oxygen atoms in total. The number of rotatable bonds is 7. The minimum absolute atomic E-state index is 0.163. The SMILES string of the molecule is Cc1cc(S[C@H](NC(=O)c2ccccc2)C(=O)c2ccccc2)nc(C(C)C)n1. The van der Waals surface area contributed by atoms with Crippen LogP contribution in [0.3, 0.4) is 0 Å². The molecule has 1 amide bonds. The van der Waals surface area contributed by atoms with Crippen LogP contribution in [0, 0.1) is 6.92 Å². The molecule has 0 spiro atoms. The maximum Gasteiger partial charge on any atom is 0.252 e. The second-order valence-electron chi connectivity index (χ2n) is 6.93. The van der Waals surface area contributed by atoms with Gasteiger partial charge in [-0.2, -0.15) is 0 Å². The Morgan fingerprint density at radius 1 is 0.897 bits per heavy atom. The Bertz CT molecular complexity index is 992. The number of amides is 1. The molecule has 0 aliphatic carbocycles. The molecule has 2 aromatic carbocycles. The molecule has 0 saturated carbocycles. The first-order valence-corrected chi connectivity index (χ1v) is 10.3. The molecule has 29 heavy (non-hydrogen) atoms. The number of thioether (sulfide) groups is 1. The molecule has 0 aliphatic rings. The average molecular weight is 406 g/mol. The third-order valence-electron chi connectivity index (χ3n) is 4.20. The first-order valence-electron chi connectivity index (χ1n) is 9.41. The maximum atomic E-state index is 13.1. The van der Waals surface area contributed by atoms with Gasteiger partial charge in [0.25, 0.3) is 5.91 Å². The van der Waals surface area contributed by atoms with Crippen molar-refractivity contribution in [2.45, 2.75) is 37.1 Å². The fourth-order valence-electron chi connectivity index (χ4n) is 2.70. The van der Waals surface area contributed by atoms with E-state index in [1.165, 1.54) is 11.8 Å². The smallest absolute Gasteiger partial charge is 0.252 e. The first kappa shape index (κ1) is 20.7. The lowest BCUT2D eigenvalue weighted by molar-refractivity contribution is 0.0892. The first-order chi connectivity index (χ1) is 13.9. The summed E-state index contributed by atoms with van der Waals surface area (Å²) < 4.78 is 0. The van der Waals surface area contributed by atoms with Crippen molar-refractivity contribution in [1.29, 1.82) is 0 Å². The lowest BCUT2D eigenvalue weighted by atomic mass is 10.1. The molecule has 0 fully saturated rings. The monoisotopic (exact) mass is 405 g/mol. The molecule has 1 N–H and O–H groups in total. The van der Waals surface area contributed by atoms with Gasteiger partial charge in [0.2, 0.25) is 0 Å². The summed E-state index contributed by atoms with van der Waals surface area (Å²) in [5.41, 5.74) is 1.86. The van der Waals surface area contributed by atoms with E-state index in [9.17, 15) is 9.59 Å². The zero-order chi connectivity index (χ0) is 20.8. The highest BCUT2D eigenvalue weighted by molar-refractivity contribution is 8.00. The van der Waals surface area contributed by atoms with Crippen LogP contribution in [0.1, 0.15) is 52.0 Å². The van der Waals surface area contributed by atoms with Crippen molar-refractivity contribution in [3.05, 3.63) is 89.4 Å². The van der Waals surface area contributed by atoms with Gasteiger partial charge in [0.1, 0.15) is 16.2 Å². The summed E-state index contributed by atoms with van der Waals surface area (Å²) in [4.78, 5) is 34.9. The van der Waals surface area contributed by atoms with E-state index in [1.54, 1.807) is 48.5 Å². The van der Waals surface area contributed by atoms with Crippen molar-refractivity contribution in [2.24, 2.45) is 0 Å². The van der Waals surface area contributed by atoms with E-state index in [4.69, 9.17) is 0 Å². The number of aromatic nitrogens is 2. The summed E-state index contributed by atoms with van der Waals surface area (Å²) in [7, 11) is 0. The molecule has 0 aliphatic heterocycles. The number of hydrogen-bond donors (Lipinski definition) is 1. The van der Waals surface area contributed by atoms with E-state index in [0.717, 1.165) is 5.69 Å². The third-order valence-corrected chi connectivity index (χ3v) is 5.22. The van der Waals surface area contributed by atoms with E-state index in [0.29, 0.717) is 22.0 Å². The molecule has 0 radical (unpaired) electrons. The largest absolute Gasteiger partial charge is 0.333 e. The minimum atomic E-state index is -0.806. The van der Waals surface area contributed by atoms with Crippen LogP contribution in [0.15, 0.2) is 71.8 Å². The van der Waals surface area contributed by atoms with Crippen LogP contribution < -0.4 is 5.32 Å². The van der Waals surface area contributed by atoms with Gasteiger partial charge in [-0.15, -0.1) is 0 Å². The molecule has 3 rings (SSSR count). The van der Waals surface area contributed by atoms with Gasteiger partial charge in [-0.1, -0.05) is 74.1 Å². The van der Waals surface area contributed by atoms with Crippen molar-refractivity contribution in [3.63, 3.8) is 0 Å². The minimum Gasteiger partial charge on any atom is -0.333 e. The van der Waals surface area contributed by atoms with Crippen LogP contribution in [-0.2, 0) is 0 Å². The summed E-state index contributed by atoms with van der Waals surface area (Å²) in [6, 6.07) is 19.6. The zero-order valence-corrected chi connectivity index (χ0v) is 17.4. The topological polar surface area (TPSA) is 72.0 Å². The van der Waals surface area contributed by atoms with E-state index < -0.39 is 5.37 Å². The van der Waals surface area contributed by atoms with E-state index in [-0.39, 0.29) is 17.6 Å².